The Balaban J connectivity index is 1.55. The summed E-state index contributed by atoms with van der Waals surface area (Å²) in [4.78, 5) is 25.1. The van der Waals surface area contributed by atoms with E-state index < -0.39 is 5.91 Å². The molecule has 2 aromatic carbocycles. The zero-order valence-electron chi connectivity index (χ0n) is 16.7. The molecule has 1 aliphatic rings. The molecule has 31 heavy (non-hydrogen) atoms. The second-order valence-electron chi connectivity index (χ2n) is 7.18. The number of amides is 2. The molecule has 6 nitrogen and oxygen atoms in total. The van der Waals surface area contributed by atoms with Gasteiger partial charge in [0.25, 0.3) is 11.8 Å². The van der Waals surface area contributed by atoms with Crippen LogP contribution in [0.1, 0.15) is 50.6 Å². The number of hydrazone groups is 1. The number of hydrogen-bond donors (Lipinski definition) is 2. The van der Waals surface area contributed by atoms with Crippen molar-refractivity contribution in [1.82, 2.24) is 5.43 Å². The van der Waals surface area contributed by atoms with Gasteiger partial charge in [-0.1, -0.05) is 15.9 Å². The van der Waals surface area contributed by atoms with Crippen molar-refractivity contribution in [2.45, 2.75) is 26.2 Å². The van der Waals surface area contributed by atoms with E-state index in [9.17, 15) is 14.0 Å². The molecule has 0 unspecified atom stereocenters. The van der Waals surface area contributed by atoms with Gasteiger partial charge < -0.3 is 9.73 Å². The highest BCUT2D eigenvalue weighted by atomic mass is 79.9. The van der Waals surface area contributed by atoms with Crippen LogP contribution in [0, 0.1) is 12.7 Å². The quantitative estimate of drug-likeness (QED) is 0.499. The topological polar surface area (TPSA) is 83.7 Å². The first-order valence-electron chi connectivity index (χ1n) is 9.74. The molecule has 0 radical (unpaired) electrons. The van der Waals surface area contributed by atoms with Crippen LogP contribution in [0.3, 0.4) is 0 Å². The van der Waals surface area contributed by atoms with Gasteiger partial charge in [0, 0.05) is 33.3 Å². The molecule has 0 spiro atoms. The first-order chi connectivity index (χ1) is 14.9. The summed E-state index contributed by atoms with van der Waals surface area (Å²) >= 11 is 3.34. The second-order valence-corrected chi connectivity index (χ2v) is 8.09. The first-order valence-corrected chi connectivity index (χ1v) is 10.5. The third-order valence-corrected chi connectivity index (χ3v) is 5.56. The molecule has 4 rings (SSSR count). The second kappa shape index (κ2) is 8.85. The standard InChI is InChI=1S/C23H19BrFN3O3/c1-13-20-18(27-28-22(29)14-5-7-15(24)8-6-14)3-2-4-19(20)31-21(13)23(30)26-17-11-9-16(25)10-12-17/h5-12H,2-4H2,1H3,(H,26,30)(H,28,29)/b27-18+. The third kappa shape index (κ3) is 4.59. The maximum atomic E-state index is 13.1. The number of hydrogen-bond acceptors (Lipinski definition) is 4. The van der Waals surface area contributed by atoms with E-state index in [1.165, 1.54) is 24.3 Å². The Hall–Kier alpha value is -3.26. The maximum absolute atomic E-state index is 13.1. The average Bonchev–Trinajstić information content (AvgIpc) is 3.11. The molecule has 158 valence electrons. The lowest BCUT2D eigenvalue weighted by Gasteiger charge is -2.13. The predicted molar refractivity (Wildman–Crippen MR) is 119 cm³/mol. The smallest absolute Gasteiger partial charge is 0.291 e. The summed E-state index contributed by atoms with van der Waals surface area (Å²) in [6.07, 6.45) is 2.14. The van der Waals surface area contributed by atoms with Crippen molar-refractivity contribution in [3.8, 4) is 0 Å². The minimum absolute atomic E-state index is 0.183. The van der Waals surface area contributed by atoms with E-state index in [-0.39, 0.29) is 17.5 Å². The van der Waals surface area contributed by atoms with Gasteiger partial charge in [0.15, 0.2) is 5.76 Å². The fourth-order valence-electron chi connectivity index (χ4n) is 3.50. The number of furan rings is 1. The highest BCUT2D eigenvalue weighted by Crippen LogP contribution is 2.30. The summed E-state index contributed by atoms with van der Waals surface area (Å²) in [6, 6.07) is 12.5. The van der Waals surface area contributed by atoms with Crippen molar-refractivity contribution in [1.29, 1.82) is 0 Å². The van der Waals surface area contributed by atoms with Crippen molar-refractivity contribution in [3.05, 3.63) is 87.0 Å². The molecule has 1 aromatic heterocycles. The zero-order valence-corrected chi connectivity index (χ0v) is 18.3. The fourth-order valence-corrected chi connectivity index (χ4v) is 3.77. The molecule has 2 N–H and O–H groups in total. The molecular weight excluding hydrogens is 465 g/mol. The monoisotopic (exact) mass is 483 g/mol. The number of rotatable bonds is 4. The largest absolute Gasteiger partial charge is 0.455 e. The number of nitrogens with zero attached hydrogens (tertiary/aromatic N) is 1. The summed E-state index contributed by atoms with van der Waals surface area (Å²) in [5.74, 6) is -0.263. The Labute approximate surface area is 186 Å². The van der Waals surface area contributed by atoms with Crippen molar-refractivity contribution in [3.63, 3.8) is 0 Å². The minimum Gasteiger partial charge on any atom is -0.455 e. The molecule has 0 saturated carbocycles. The van der Waals surface area contributed by atoms with Crippen LogP contribution in [0.25, 0.3) is 0 Å². The van der Waals surface area contributed by atoms with Gasteiger partial charge in [0.1, 0.15) is 11.6 Å². The van der Waals surface area contributed by atoms with Crippen molar-refractivity contribution < 1.29 is 18.4 Å². The number of carbonyl (C=O) groups excluding carboxylic acids is 2. The number of halogens is 2. The van der Waals surface area contributed by atoms with Crippen molar-refractivity contribution >= 4 is 39.1 Å². The lowest BCUT2D eigenvalue weighted by molar-refractivity contribution is 0.0953. The van der Waals surface area contributed by atoms with E-state index in [0.717, 1.165) is 16.5 Å². The van der Waals surface area contributed by atoms with E-state index >= 15 is 0 Å². The Morgan fingerprint density at radius 1 is 1.03 bits per heavy atom. The van der Waals surface area contributed by atoms with Crippen molar-refractivity contribution in [2.75, 3.05) is 5.32 Å². The van der Waals surface area contributed by atoms with Gasteiger partial charge in [0.05, 0.1) is 5.71 Å². The highest BCUT2D eigenvalue weighted by Gasteiger charge is 2.28. The van der Waals surface area contributed by atoms with Crippen LogP contribution in [0.4, 0.5) is 10.1 Å². The summed E-state index contributed by atoms with van der Waals surface area (Å²) in [5.41, 5.74) is 5.65. The van der Waals surface area contributed by atoms with Gasteiger partial charge in [-0.2, -0.15) is 5.10 Å². The SMILES string of the molecule is Cc1c(C(=O)Nc2ccc(F)cc2)oc2c1/C(=N/NC(=O)c1ccc(Br)cc1)CCC2. The lowest BCUT2D eigenvalue weighted by atomic mass is 9.93. The Bertz CT molecular complexity index is 1170. The van der Waals surface area contributed by atoms with Crippen LogP contribution >= 0.6 is 15.9 Å². The molecule has 3 aromatic rings. The van der Waals surface area contributed by atoms with E-state index in [0.29, 0.717) is 41.1 Å². The van der Waals surface area contributed by atoms with Crippen LogP contribution in [0.15, 0.2) is 62.5 Å². The Morgan fingerprint density at radius 2 is 1.74 bits per heavy atom. The molecule has 8 heteroatoms. The van der Waals surface area contributed by atoms with Gasteiger partial charge in [-0.3, -0.25) is 9.59 Å². The van der Waals surface area contributed by atoms with Gasteiger partial charge in [-0.15, -0.1) is 0 Å². The van der Waals surface area contributed by atoms with E-state index in [4.69, 9.17) is 4.42 Å². The number of benzene rings is 2. The Morgan fingerprint density at radius 3 is 2.45 bits per heavy atom. The number of fused-ring (bicyclic) bond motifs is 1. The Kier molecular flexibility index (Phi) is 5.99. The van der Waals surface area contributed by atoms with Gasteiger partial charge in [0.2, 0.25) is 0 Å². The van der Waals surface area contributed by atoms with Gasteiger partial charge >= 0.3 is 0 Å². The molecule has 0 aliphatic heterocycles. The van der Waals surface area contributed by atoms with E-state index in [1.54, 1.807) is 31.2 Å². The fraction of sp³-hybridized carbons (Fsp3) is 0.174. The van der Waals surface area contributed by atoms with Gasteiger partial charge in [-0.25, -0.2) is 9.82 Å². The van der Waals surface area contributed by atoms with E-state index in [2.05, 4.69) is 31.8 Å². The van der Waals surface area contributed by atoms with Gasteiger partial charge in [-0.05, 0) is 68.3 Å². The number of aryl methyl sites for hydroxylation is 1. The molecule has 0 fully saturated rings. The number of anilines is 1. The summed E-state index contributed by atoms with van der Waals surface area (Å²) in [6.45, 7) is 1.79. The molecule has 0 saturated heterocycles. The molecule has 1 aliphatic carbocycles. The maximum Gasteiger partial charge on any atom is 0.291 e. The van der Waals surface area contributed by atoms with Crippen LogP contribution in [0.5, 0.6) is 0 Å². The normalized spacial score (nSPS) is 14.2. The third-order valence-electron chi connectivity index (χ3n) is 5.03. The molecule has 0 atom stereocenters. The lowest BCUT2D eigenvalue weighted by Crippen LogP contribution is -2.22. The van der Waals surface area contributed by atoms with Crippen LogP contribution < -0.4 is 10.7 Å². The van der Waals surface area contributed by atoms with E-state index in [1.807, 2.05) is 0 Å². The summed E-state index contributed by atoms with van der Waals surface area (Å²) in [7, 11) is 0. The van der Waals surface area contributed by atoms with Crippen LogP contribution in [-0.2, 0) is 6.42 Å². The molecule has 1 heterocycles. The number of carbonyl (C=O) groups is 2. The van der Waals surface area contributed by atoms with Crippen LogP contribution in [-0.4, -0.2) is 17.5 Å². The predicted octanol–water partition coefficient (Wildman–Crippen LogP) is 5.21. The van der Waals surface area contributed by atoms with Crippen LogP contribution in [0.2, 0.25) is 0 Å². The zero-order chi connectivity index (χ0) is 22.0. The summed E-state index contributed by atoms with van der Waals surface area (Å²) in [5, 5.41) is 7.04. The summed E-state index contributed by atoms with van der Waals surface area (Å²) < 4.78 is 19.8. The minimum atomic E-state index is -0.420. The molecule has 0 bridgehead atoms. The molecular formula is C23H19BrFN3O3. The van der Waals surface area contributed by atoms with Crippen molar-refractivity contribution in [2.24, 2.45) is 5.10 Å². The first kappa shape index (κ1) is 21.0. The average molecular weight is 484 g/mol. The number of nitrogens with one attached hydrogen (secondary N) is 2. The molecule has 2 amide bonds. The highest BCUT2D eigenvalue weighted by molar-refractivity contribution is 9.10.